The number of esters is 1. The lowest BCUT2D eigenvalue weighted by Gasteiger charge is -2.41. The molecule has 6 N–H and O–H groups in total. The molecule has 13 heteroatoms. The maximum absolute atomic E-state index is 12.8. The second kappa shape index (κ2) is 33.5. The number of ether oxygens (including phenoxy) is 2. The normalized spacial score (nSPS) is 23.6. The smallest absolute Gasteiger partial charge is 0.457 e. The molecule has 0 radical (unpaired) electrons. The number of phosphoric acid groups is 1. The largest absolute Gasteiger partial charge is 0.472 e. The van der Waals surface area contributed by atoms with Crippen LogP contribution in [-0.4, -0.2) is 98.9 Å². The second-order valence-corrected chi connectivity index (χ2v) is 16.3. The summed E-state index contributed by atoms with van der Waals surface area (Å²) in [6.07, 6.45) is 25.1. The van der Waals surface area contributed by atoms with Gasteiger partial charge in [0.2, 0.25) is 0 Å². The molecule has 0 bridgehead atoms. The molecular weight excluding hydrogens is 727 g/mol. The fourth-order valence-corrected chi connectivity index (χ4v) is 7.27. The van der Waals surface area contributed by atoms with E-state index in [9.17, 15) is 39.8 Å². The molecule has 12 nitrogen and oxygen atoms in total. The van der Waals surface area contributed by atoms with E-state index in [0.717, 1.165) is 70.6 Å². The minimum atomic E-state index is -5.01. The van der Waals surface area contributed by atoms with Crippen molar-refractivity contribution in [3.8, 4) is 0 Å². The van der Waals surface area contributed by atoms with Gasteiger partial charge < -0.3 is 39.9 Å². The highest BCUT2D eigenvalue weighted by atomic mass is 31.2. The Balaban J connectivity index is 2.40. The van der Waals surface area contributed by atoms with Gasteiger partial charge in [0.1, 0.15) is 42.7 Å². The van der Waals surface area contributed by atoms with Gasteiger partial charge in [0.15, 0.2) is 0 Å². The van der Waals surface area contributed by atoms with Crippen molar-refractivity contribution in [2.24, 2.45) is 0 Å². The van der Waals surface area contributed by atoms with E-state index in [-0.39, 0.29) is 13.0 Å². The van der Waals surface area contributed by atoms with Crippen LogP contribution in [0.4, 0.5) is 0 Å². The van der Waals surface area contributed by atoms with Crippen LogP contribution in [0.5, 0.6) is 0 Å². The zero-order valence-corrected chi connectivity index (χ0v) is 34.9. The number of unbranched alkanes of at least 4 members (excludes halogenated alkanes) is 17. The lowest BCUT2D eigenvalue weighted by Crippen LogP contribution is -2.64. The van der Waals surface area contributed by atoms with Crippen molar-refractivity contribution in [3.05, 3.63) is 36.5 Å². The summed E-state index contributed by atoms with van der Waals surface area (Å²) >= 11 is 0. The first-order chi connectivity index (χ1) is 26.5. The standard InChI is InChI=1S/C42H77O12P/c1-3-5-7-9-11-13-14-15-16-17-18-19-20-21-22-23-25-27-29-31-36(43)53-35(33-51-32-30-28-26-24-12-10-8-6-4-2)34-52-55(49,50)54-42-40(47)38(45)37(44)39(46)41(42)48/h11,13,15-16,18-19,35,37-42,44-48H,3-10,12,14,17,20-34H2,1-2H3,(H,49,50)/b13-11-,16-15-,19-18-. The number of phosphoric ester groups is 1. The van der Waals surface area contributed by atoms with E-state index in [0.29, 0.717) is 13.0 Å². The highest BCUT2D eigenvalue weighted by Crippen LogP contribution is 2.47. The molecule has 1 saturated carbocycles. The summed E-state index contributed by atoms with van der Waals surface area (Å²) < 4.78 is 34.0. The Morgan fingerprint density at radius 3 is 1.58 bits per heavy atom. The van der Waals surface area contributed by atoms with Gasteiger partial charge in [-0.3, -0.25) is 13.8 Å². The van der Waals surface area contributed by atoms with E-state index in [1.54, 1.807) is 0 Å². The van der Waals surface area contributed by atoms with Crippen LogP contribution in [0, 0.1) is 0 Å². The second-order valence-electron chi connectivity index (χ2n) is 14.8. The molecule has 1 rings (SSSR count). The Hall–Kier alpha value is -1.44. The SMILES string of the molecule is CCCCC/C=C\C/C=C\C/C=C\CCCCCCCCC(=O)OC(COCCCCCCCCCCC)COP(=O)(O)OC1C(O)C(O)C(O)C(O)C1O. The first kappa shape index (κ1) is 51.6. The Labute approximate surface area is 332 Å². The third-order valence-corrected chi connectivity index (χ3v) is 10.8. The Kier molecular flexibility index (Phi) is 31.4. The third-order valence-electron chi connectivity index (χ3n) is 9.77. The van der Waals surface area contributed by atoms with E-state index >= 15 is 0 Å². The number of aliphatic hydroxyl groups is 5. The molecule has 0 heterocycles. The monoisotopic (exact) mass is 805 g/mol. The van der Waals surface area contributed by atoms with Gasteiger partial charge in [0, 0.05) is 13.0 Å². The minimum Gasteiger partial charge on any atom is -0.457 e. The number of rotatable bonds is 35. The van der Waals surface area contributed by atoms with Crippen LogP contribution >= 0.6 is 7.82 Å². The van der Waals surface area contributed by atoms with Gasteiger partial charge >= 0.3 is 13.8 Å². The van der Waals surface area contributed by atoms with Gasteiger partial charge in [0.25, 0.3) is 0 Å². The summed E-state index contributed by atoms with van der Waals surface area (Å²) in [7, 11) is -5.01. The molecule has 0 aliphatic heterocycles. The fraction of sp³-hybridized carbons (Fsp3) is 0.833. The van der Waals surface area contributed by atoms with E-state index in [1.165, 1.54) is 64.2 Å². The number of hydrogen-bond acceptors (Lipinski definition) is 11. The molecule has 0 aromatic carbocycles. The zero-order valence-electron chi connectivity index (χ0n) is 34.0. The van der Waals surface area contributed by atoms with Crippen LogP contribution in [-0.2, 0) is 27.9 Å². The van der Waals surface area contributed by atoms with Gasteiger partial charge in [-0.2, -0.15) is 0 Å². The van der Waals surface area contributed by atoms with Gasteiger partial charge in [-0.15, -0.1) is 0 Å². The number of allylic oxidation sites excluding steroid dienone is 6. The molecule has 1 aliphatic carbocycles. The van der Waals surface area contributed by atoms with Crippen molar-refractivity contribution in [2.45, 2.75) is 204 Å². The zero-order chi connectivity index (χ0) is 40.6. The highest BCUT2D eigenvalue weighted by molar-refractivity contribution is 7.47. The van der Waals surface area contributed by atoms with E-state index in [4.69, 9.17) is 18.5 Å². The van der Waals surface area contributed by atoms with Crippen molar-refractivity contribution >= 4 is 13.8 Å². The predicted molar refractivity (Wildman–Crippen MR) is 216 cm³/mol. The molecule has 0 spiro atoms. The number of carbonyl (C=O) groups is 1. The summed E-state index contributed by atoms with van der Waals surface area (Å²) in [5.41, 5.74) is 0. The van der Waals surface area contributed by atoms with Crippen LogP contribution < -0.4 is 0 Å². The molecular formula is C42H77O12P. The van der Waals surface area contributed by atoms with Crippen LogP contribution in [0.2, 0.25) is 0 Å². The molecule has 0 aromatic heterocycles. The topological polar surface area (TPSA) is 192 Å². The van der Waals surface area contributed by atoms with E-state index in [2.05, 4.69) is 50.3 Å². The summed E-state index contributed by atoms with van der Waals surface area (Å²) in [6.45, 7) is 4.18. The first-order valence-electron chi connectivity index (χ1n) is 21.3. The van der Waals surface area contributed by atoms with E-state index in [1.807, 2.05) is 0 Å². The first-order valence-corrected chi connectivity index (χ1v) is 22.8. The van der Waals surface area contributed by atoms with Gasteiger partial charge in [-0.05, 0) is 51.4 Å². The van der Waals surface area contributed by atoms with Crippen molar-refractivity contribution in [1.29, 1.82) is 0 Å². The predicted octanol–water partition coefficient (Wildman–Crippen LogP) is 7.92. The summed E-state index contributed by atoms with van der Waals surface area (Å²) in [5, 5.41) is 50.0. The lowest BCUT2D eigenvalue weighted by atomic mass is 9.85. The van der Waals surface area contributed by atoms with Crippen LogP contribution in [0.15, 0.2) is 36.5 Å². The van der Waals surface area contributed by atoms with Gasteiger partial charge in [-0.1, -0.05) is 140 Å². The minimum absolute atomic E-state index is 0.0810. The summed E-state index contributed by atoms with van der Waals surface area (Å²) in [4.78, 5) is 23.0. The molecule has 55 heavy (non-hydrogen) atoms. The van der Waals surface area contributed by atoms with Crippen LogP contribution in [0.3, 0.4) is 0 Å². The maximum atomic E-state index is 12.8. The van der Waals surface area contributed by atoms with Gasteiger partial charge in [0.05, 0.1) is 13.2 Å². The molecule has 1 fully saturated rings. The van der Waals surface area contributed by atoms with Gasteiger partial charge in [-0.25, -0.2) is 4.57 Å². The number of hydrogen-bond donors (Lipinski definition) is 6. The van der Waals surface area contributed by atoms with Crippen LogP contribution in [0.25, 0.3) is 0 Å². The van der Waals surface area contributed by atoms with E-state index < -0.39 is 63.1 Å². The lowest BCUT2D eigenvalue weighted by molar-refractivity contribution is -0.220. The average Bonchev–Trinajstić information content (AvgIpc) is 3.17. The molecule has 322 valence electrons. The quantitative estimate of drug-likeness (QED) is 0.0157. The highest BCUT2D eigenvalue weighted by Gasteiger charge is 2.51. The molecule has 0 aromatic rings. The number of aliphatic hydroxyl groups excluding tert-OH is 5. The van der Waals surface area contributed by atoms with Crippen molar-refractivity contribution in [3.63, 3.8) is 0 Å². The molecule has 6 unspecified atom stereocenters. The molecule has 6 atom stereocenters. The maximum Gasteiger partial charge on any atom is 0.472 e. The molecule has 0 amide bonds. The fourth-order valence-electron chi connectivity index (χ4n) is 6.30. The average molecular weight is 805 g/mol. The Bertz CT molecular complexity index is 1050. The third kappa shape index (κ3) is 26.2. The Morgan fingerprint density at radius 2 is 1.02 bits per heavy atom. The molecule has 0 saturated heterocycles. The molecule has 1 aliphatic rings. The number of carbonyl (C=O) groups excluding carboxylic acids is 1. The van der Waals surface area contributed by atoms with Crippen molar-refractivity contribution < 1.29 is 58.3 Å². The Morgan fingerprint density at radius 1 is 0.582 bits per heavy atom. The summed E-state index contributed by atoms with van der Waals surface area (Å²) in [6, 6.07) is 0. The van der Waals surface area contributed by atoms with Crippen molar-refractivity contribution in [2.75, 3.05) is 19.8 Å². The summed E-state index contributed by atoms with van der Waals surface area (Å²) in [5.74, 6) is -0.491. The van der Waals surface area contributed by atoms with Crippen LogP contribution in [0.1, 0.15) is 162 Å². The van der Waals surface area contributed by atoms with Crippen molar-refractivity contribution in [1.82, 2.24) is 0 Å².